The van der Waals surface area contributed by atoms with E-state index in [1.165, 1.54) is 21.5 Å². The number of benzene rings is 12. The van der Waals surface area contributed by atoms with E-state index in [2.05, 4.69) is 161 Å². The van der Waals surface area contributed by atoms with Crippen molar-refractivity contribution in [3.63, 3.8) is 0 Å². The molecule has 0 amide bonds. The highest BCUT2D eigenvalue weighted by Gasteiger charge is 2.19. The van der Waals surface area contributed by atoms with Crippen LogP contribution in [-0.4, -0.2) is 42.6 Å². The first-order chi connectivity index (χ1) is 40.5. The minimum Gasteiger partial charge on any atom is -0.537 e. The molecular formula is C70H43BClN6O4. The quantitative estimate of drug-likeness (QED) is 0.154. The van der Waals surface area contributed by atoms with E-state index in [0.29, 0.717) is 42.6 Å². The molecule has 0 aliphatic heterocycles. The fourth-order valence-electron chi connectivity index (χ4n) is 10.5. The van der Waals surface area contributed by atoms with Gasteiger partial charge in [-0.15, -0.1) is 0 Å². The first-order valence-corrected chi connectivity index (χ1v) is 26.9. The monoisotopic (exact) mass is 1080 g/mol. The molecule has 16 rings (SSSR count). The fourth-order valence-corrected chi connectivity index (χ4v) is 10.7. The summed E-state index contributed by atoms with van der Waals surface area (Å²) in [6.45, 7) is 0. The Hall–Kier alpha value is -10.6. The van der Waals surface area contributed by atoms with Crippen LogP contribution in [0.1, 0.15) is 0 Å². The van der Waals surface area contributed by atoms with Gasteiger partial charge in [-0.25, -0.2) is 19.9 Å². The average Bonchev–Trinajstić information content (AvgIpc) is 4.30. The summed E-state index contributed by atoms with van der Waals surface area (Å²) in [5, 5.41) is 22.1. The van der Waals surface area contributed by atoms with Crippen molar-refractivity contribution in [3.8, 4) is 62.7 Å². The zero-order valence-electron chi connectivity index (χ0n) is 43.6. The van der Waals surface area contributed by atoms with E-state index in [4.69, 9.17) is 45.1 Å². The second-order valence-corrected chi connectivity index (χ2v) is 19.9. The summed E-state index contributed by atoms with van der Waals surface area (Å²) in [4.78, 5) is 28.4. The normalized spacial score (nSPS) is 11.3. The number of hydrogen-bond donors (Lipinski definition) is 1. The molecule has 12 heteroatoms. The van der Waals surface area contributed by atoms with Crippen molar-refractivity contribution in [1.82, 2.24) is 29.9 Å². The zero-order valence-corrected chi connectivity index (χ0v) is 44.3. The van der Waals surface area contributed by atoms with Crippen molar-refractivity contribution < 1.29 is 18.5 Å². The molecule has 387 valence electrons. The first kappa shape index (κ1) is 49.7. The molecule has 1 N–H and O–H groups in total. The predicted octanol–water partition coefficient (Wildman–Crippen LogP) is 17.7. The van der Waals surface area contributed by atoms with E-state index in [9.17, 15) is 0 Å². The van der Waals surface area contributed by atoms with E-state index in [-0.39, 0.29) is 5.28 Å². The third-order valence-corrected chi connectivity index (χ3v) is 14.6. The van der Waals surface area contributed by atoms with Crippen LogP contribution in [0.5, 0.6) is 5.75 Å². The summed E-state index contributed by atoms with van der Waals surface area (Å²) in [5.74, 6) is 3.63. The van der Waals surface area contributed by atoms with Crippen LogP contribution in [-0.2, 0) is 0 Å². The Kier molecular flexibility index (Phi) is 13.1. The first-order valence-electron chi connectivity index (χ1n) is 26.5. The minimum absolute atomic E-state index is 0.191. The number of rotatable bonds is 7. The lowest BCUT2D eigenvalue weighted by atomic mass is 10.0. The highest BCUT2D eigenvalue weighted by molar-refractivity contribution is 6.28. The standard InChI is InChI=1S/C35H21N3O.C23H14ClN3.C12H8BO3/c1-3-10-24-20-26(18-16-22(24)8-1)33-36-34(27-19-17-23-9-2-4-11-25(23)21-27)38-35(37-33)29-13-7-15-31-32(29)28-12-5-6-14-30(28)39-31;24-23-26-21(19-11-9-15-5-1-3-7-17(15)13-19)25-22(27-23)20-12-10-16-6-2-4-8-18(16)14-20;14-13-16-11-7-3-6-10-12(11)8-4-1-2-5-9(8)15-10/h1-21H;1-14H;1-7,14H. The molecule has 12 aromatic carbocycles. The molecule has 1 radical (unpaired) electrons. The molecule has 0 aliphatic carbocycles. The van der Waals surface area contributed by atoms with Crippen molar-refractivity contribution in [2.45, 2.75) is 0 Å². The number of aromatic nitrogens is 6. The third-order valence-electron chi connectivity index (χ3n) is 14.5. The van der Waals surface area contributed by atoms with Crippen LogP contribution < -0.4 is 4.65 Å². The Labute approximate surface area is 474 Å². The Morgan fingerprint density at radius 1 is 0.317 bits per heavy atom. The number of para-hydroxylation sites is 2. The van der Waals surface area contributed by atoms with E-state index in [1.54, 1.807) is 6.07 Å². The molecule has 16 aromatic rings. The van der Waals surface area contributed by atoms with Gasteiger partial charge in [-0.3, -0.25) is 0 Å². The molecule has 4 aromatic heterocycles. The highest BCUT2D eigenvalue weighted by Crippen LogP contribution is 2.38. The second kappa shape index (κ2) is 21.6. The largest absolute Gasteiger partial charge is 0.569 e. The van der Waals surface area contributed by atoms with Gasteiger partial charge in [0, 0.05) is 44.0 Å². The molecule has 0 spiro atoms. The summed E-state index contributed by atoms with van der Waals surface area (Å²) in [5.41, 5.74) is 7.87. The van der Waals surface area contributed by atoms with Crippen LogP contribution in [0.15, 0.2) is 264 Å². The zero-order chi connectivity index (χ0) is 54.9. The predicted molar refractivity (Wildman–Crippen MR) is 331 cm³/mol. The van der Waals surface area contributed by atoms with Gasteiger partial charge >= 0.3 is 7.69 Å². The van der Waals surface area contributed by atoms with Crippen LogP contribution >= 0.6 is 11.6 Å². The Bertz CT molecular complexity index is 4890. The van der Waals surface area contributed by atoms with Crippen molar-refractivity contribution >= 4 is 106 Å². The summed E-state index contributed by atoms with van der Waals surface area (Å²) in [6.07, 6.45) is 0. The van der Waals surface area contributed by atoms with Gasteiger partial charge in [0.1, 0.15) is 28.1 Å². The van der Waals surface area contributed by atoms with Crippen LogP contribution in [0.3, 0.4) is 0 Å². The smallest absolute Gasteiger partial charge is 0.537 e. The van der Waals surface area contributed by atoms with Crippen molar-refractivity contribution in [2.75, 3.05) is 0 Å². The molecule has 0 saturated heterocycles. The van der Waals surface area contributed by atoms with Crippen LogP contribution in [0.2, 0.25) is 5.28 Å². The molecular weight excluding hydrogens is 1040 g/mol. The Morgan fingerprint density at radius 3 is 1.10 bits per heavy atom. The van der Waals surface area contributed by atoms with E-state index in [0.717, 1.165) is 93.2 Å². The summed E-state index contributed by atoms with van der Waals surface area (Å²) >= 11 is 6.22. The SMILES string of the molecule is Clc1nc(-c2ccc3ccccc3c2)nc(-c2ccc3ccccc3c2)n1.O[B]Oc1cccc2oc3ccccc3c12.c1ccc2cc(-c3nc(-c4ccc5ccccc5c4)nc(-c4cccc5oc6ccccc6c45)n3)ccc2c1. The lowest BCUT2D eigenvalue weighted by Crippen LogP contribution is -2.00. The molecule has 0 unspecified atom stereocenters. The van der Waals surface area contributed by atoms with Gasteiger partial charge in [0.05, 0.1) is 5.39 Å². The Balaban J connectivity index is 0.000000121. The van der Waals surface area contributed by atoms with Crippen molar-refractivity contribution in [3.05, 3.63) is 260 Å². The van der Waals surface area contributed by atoms with Gasteiger partial charge in [0.15, 0.2) is 29.1 Å². The average molecular weight is 1080 g/mol. The molecule has 0 fully saturated rings. The number of furan rings is 2. The molecule has 82 heavy (non-hydrogen) atoms. The van der Waals surface area contributed by atoms with Gasteiger partial charge in [-0.2, -0.15) is 9.97 Å². The molecule has 0 saturated carbocycles. The topological polar surface area (TPSA) is 133 Å². The van der Waals surface area contributed by atoms with Gasteiger partial charge in [-0.1, -0.05) is 200 Å². The number of nitrogens with zero attached hydrogens (tertiary/aromatic N) is 6. The lowest BCUT2D eigenvalue weighted by Gasteiger charge is -2.10. The summed E-state index contributed by atoms with van der Waals surface area (Å²) in [6, 6.07) is 85.4. The van der Waals surface area contributed by atoms with Gasteiger partial charge in [0.2, 0.25) is 5.28 Å². The lowest BCUT2D eigenvalue weighted by molar-refractivity contribution is 0.456. The van der Waals surface area contributed by atoms with E-state index < -0.39 is 0 Å². The third kappa shape index (κ3) is 9.76. The molecule has 10 nitrogen and oxygen atoms in total. The van der Waals surface area contributed by atoms with E-state index in [1.807, 2.05) is 103 Å². The Morgan fingerprint density at radius 2 is 0.659 bits per heavy atom. The number of halogens is 1. The number of hydrogen-bond acceptors (Lipinski definition) is 10. The second-order valence-electron chi connectivity index (χ2n) is 19.5. The van der Waals surface area contributed by atoms with Crippen LogP contribution in [0.25, 0.3) is 144 Å². The highest BCUT2D eigenvalue weighted by atomic mass is 35.5. The molecule has 0 bridgehead atoms. The van der Waals surface area contributed by atoms with Crippen molar-refractivity contribution in [2.24, 2.45) is 0 Å². The summed E-state index contributed by atoms with van der Waals surface area (Å²) in [7, 11) is 0.677. The minimum atomic E-state index is 0.191. The van der Waals surface area contributed by atoms with Crippen LogP contribution in [0, 0.1) is 0 Å². The van der Waals surface area contributed by atoms with Gasteiger partial charge in [-0.05, 0) is 109 Å². The maximum Gasteiger partial charge on any atom is 0.569 e. The maximum atomic E-state index is 8.71. The molecule has 4 heterocycles. The summed E-state index contributed by atoms with van der Waals surface area (Å²) < 4.78 is 16.9. The van der Waals surface area contributed by atoms with Crippen molar-refractivity contribution in [1.29, 1.82) is 0 Å². The van der Waals surface area contributed by atoms with E-state index >= 15 is 0 Å². The number of fused-ring (bicyclic) bond motifs is 10. The molecule has 0 aliphatic rings. The maximum absolute atomic E-state index is 8.71. The molecule has 0 atom stereocenters. The fraction of sp³-hybridized carbons (Fsp3) is 0. The van der Waals surface area contributed by atoms with Gasteiger partial charge in [0.25, 0.3) is 0 Å². The van der Waals surface area contributed by atoms with Crippen LogP contribution in [0.4, 0.5) is 0 Å². The van der Waals surface area contributed by atoms with Gasteiger partial charge < -0.3 is 18.5 Å².